The molecule has 0 aliphatic heterocycles. The van der Waals surface area contributed by atoms with Crippen molar-refractivity contribution in [2.75, 3.05) is 6.54 Å². The summed E-state index contributed by atoms with van der Waals surface area (Å²) in [6.07, 6.45) is 6.16. The minimum absolute atomic E-state index is 0. The summed E-state index contributed by atoms with van der Waals surface area (Å²) in [6.45, 7) is 2.78. The topological polar surface area (TPSA) is 55.1 Å². The Morgan fingerprint density at radius 3 is 2.55 bits per heavy atom. The van der Waals surface area contributed by atoms with Gasteiger partial charge in [0.2, 0.25) is 5.91 Å². The molecular formula is C16H27ClN2O. The van der Waals surface area contributed by atoms with Gasteiger partial charge in [-0.15, -0.1) is 12.4 Å². The first kappa shape index (κ1) is 18.9. The van der Waals surface area contributed by atoms with Crippen molar-refractivity contribution in [1.29, 1.82) is 0 Å². The highest BCUT2D eigenvalue weighted by atomic mass is 35.5. The molecule has 1 rings (SSSR count). The molecule has 0 saturated heterocycles. The largest absolute Gasteiger partial charge is 0.355 e. The van der Waals surface area contributed by atoms with Crippen LogP contribution in [0.4, 0.5) is 0 Å². The third-order valence-corrected chi connectivity index (χ3v) is 3.22. The second kappa shape index (κ2) is 11.7. The first-order valence-electron chi connectivity index (χ1n) is 7.31. The highest BCUT2D eigenvalue weighted by Gasteiger charge is 2.10. The van der Waals surface area contributed by atoms with Crippen LogP contribution in [0.2, 0.25) is 0 Å². The zero-order valence-corrected chi connectivity index (χ0v) is 13.1. The number of carbonyl (C=O) groups excluding carboxylic acids is 1. The average Bonchev–Trinajstić information content (AvgIpc) is 2.43. The Morgan fingerprint density at radius 1 is 1.20 bits per heavy atom. The third-order valence-electron chi connectivity index (χ3n) is 3.22. The van der Waals surface area contributed by atoms with E-state index in [1.165, 1.54) is 12.0 Å². The van der Waals surface area contributed by atoms with Crippen molar-refractivity contribution >= 4 is 18.3 Å². The number of benzene rings is 1. The van der Waals surface area contributed by atoms with Crippen LogP contribution in [0.15, 0.2) is 30.3 Å². The molecule has 1 amide bonds. The predicted octanol–water partition coefficient (Wildman–Crippen LogP) is 3.06. The summed E-state index contributed by atoms with van der Waals surface area (Å²) >= 11 is 0. The van der Waals surface area contributed by atoms with Gasteiger partial charge >= 0.3 is 0 Å². The molecule has 1 atom stereocenters. The van der Waals surface area contributed by atoms with Crippen LogP contribution >= 0.6 is 12.4 Å². The zero-order chi connectivity index (χ0) is 13.9. The van der Waals surface area contributed by atoms with Gasteiger partial charge in [-0.1, -0.05) is 50.1 Å². The summed E-state index contributed by atoms with van der Waals surface area (Å²) in [5.41, 5.74) is 7.12. The summed E-state index contributed by atoms with van der Waals surface area (Å²) in [5.74, 6) is -0.00934. The number of rotatable bonds is 9. The minimum atomic E-state index is -0.339. The second-order valence-electron chi connectivity index (χ2n) is 4.98. The van der Waals surface area contributed by atoms with Crippen molar-refractivity contribution in [1.82, 2.24) is 5.32 Å². The van der Waals surface area contributed by atoms with E-state index in [1.807, 2.05) is 13.0 Å². The lowest BCUT2D eigenvalue weighted by atomic mass is 10.1. The van der Waals surface area contributed by atoms with E-state index >= 15 is 0 Å². The SMILES string of the molecule is CCCC(N)C(=O)NCCCCCc1ccccc1.Cl. The number of hydrogen-bond donors (Lipinski definition) is 2. The van der Waals surface area contributed by atoms with Crippen molar-refractivity contribution in [3.8, 4) is 0 Å². The van der Waals surface area contributed by atoms with E-state index in [2.05, 4.69) is 29.6 Å². The number of carbonyl (C=O) groups is 1. The van der Waals surface area contributed by atoms with Crippen LogP contribution in [0, 0.1) is 0 Å². The predicted molar refractivity (Wildman–Crippen MR) is 87.1 cm³/mol. The van der Waals surface area contributed by atoms with Crippen molar-refractivity contribution in [3.63, 3.8) is 0 Å². The summed E-state index contributed by atoms with van der Waals surface area (Å²) in [6, 6.07) is 10.2. The van der Waals surface area contributed by atoms with Gasteiger partial charge < -0.3 is 11.1 Å². The van der Waals surface area contributed by atoms with Crippen LogP contribution in [0.3, 0.4) is 0 Å². The van der Waals surface area contributed by atoms with Crippen LogP contribution in [0.25, 0.3) is 0 Å². The van der Waals surface area contributed by atoms with Gasteiger partial charge in [0.05, 0.1) is 6.04 Å². The van der Waals surface area contributed by atoms with Gasteiger partial charge in [0.25, 0.3) is 0 Å². The van der Waals surface area contributed by atoms with Gasteiger partial charge in [0.15, 0.2) is 0 Å². The first-order valence-corrected chi connectivity index (χ1v) is 7.31. The van der Waals surface area contributed by atoms with E-state index in [0.29, 0.717) is 0 Å². The molecular weight excluding hydrogens is 272 g/mol. The van der Waals surface area contributed by atoms with Crippen LogP contribution in [-0.2, 0) is 11.2 Å². The van der Waals surface area contributed by atoms with Gasteiger partial charge in [0, 0.05) is 6.54 Å². The smallest absolute Gasteiger partial charge is 0.236 e. The molecule has 0 saturated carbocycles. The van der Waals surface area contributed by atoms with Crippen molar-refractivity contribution in [2.45, 2.75) is 51.5 Å². The van der Waals surface area contributed by atoms with Gasteiger partial charge in [-0.3, -0.25) is 4.79 Å². The maximum Gasteiger partial charge on any atom is 0.236 e. The molecule has 20 heavy (non-hydrogen) atoms. The Hall–Kier alpha value is -1.06. The fourth-order valence-corrected chi connectivity index (χ4v) is 2.06. The molecule has 3 nitrogen and oxygen atoms in total. The van der Waals surface area contributed by atoms with E-state index in [1.54, 1.807) is 0 Å². The highest BCUT2D eigenvalue weighted by Crippen LogP contribution is 2.05. The fourth-order valence-electron chi connectivity index (χ4n) is 2.06. The Bertz CT molecular complexity index is 357. The zero-order valence-electron chi connectivity index (χ0n) is 12.3. The van der Waals surface area contributed by atoms with Crippen LogP contribution < -0.4 is 11.1 Å². The van der Waals surface area contributed by atoms with Gasteiger partial charge in [-0.05, 0) is 31.2 Å². The average molecular weight is 299 g/mol. The number of unbranched alkanes of at least 4 members (excludes halogenated alkanes) is 2. The number of nitrogens with one attached hydrogen (secondary N) is 1. The van der Waals surface area contributed by atoms with Crippen LogP contribution in [0.1, 0.15) is 44.6 Å². The standard InChI is InChI=1S/C16H26N2O.ClH/c1-2-9-15(17)16(19)18-13-8-4-7-12-14-10-5-3-6-11-14;/h3,5-6,10-11,15H,2,4,7-9,12-13,17H2,1H3,(H,18,19);1H. The van der Waals surface area contributed by atoms with E-state index < -0.39 is 0 Å². The van der Waals surface area contributed by atoms with E-state index in [0.717, 1.165) is 38.6 Å². The lowest BCUT2D eigenvalue weighted by Crippen LogP contribution is -2.40. The molecule has 0 heterocycles. The lowest BCUT2D eigenvalue weighted by Gasteiger charge is -2.10. The van der Waals surface area contributed by atoms with Gasteiger partial charge in [0.1, 0.15) is 0 Å². The van der Waals surface area contributed by atoms with E-state index in [4.69, 9.17) is 5.73 Å². The van der Waals surface area contributed by atoms with Crippen molar-refractivity contribution in [2.24, 2.45) is 5.73 Å². The van der Waals surface area contributed by atoms with Crippen LogP contribution in [-0.4, -0.2) is 18.5 Å². The molecule has 114 valence electrons. The number of halogens is 1. The minimum Gasteiger partial charge on any atom is -0.355 e. The van der Waals surface area contributed by atoms with Crippen molar-refractivity contribution < 1.29 is 4.79 Å². The highest BCUT2D eigenvalue weighted by molar-refractivity contribution is 5.85. The molecule has 0 aromatic heterocycles. The maximum atomic E-state index is 11.6. The van der Waals surface area contributed by atoms with Crippen LogP contribution in [0.5, 0.6) is 0 Å². The quantitative estimate of drug-likeness (QED) is 0.688. The monoisotopic (exact) mass is 298 g/mol. The molecule has 0 aliphatic rings. The number of amides is 1. The summed E-state index contributed by atoms with van der Waals surface area (Å²) in [7, 11) is 0. The second-order valence-corrected chi connectivity index (χ2v) is 4.98. The Labute approximate surface area is 128 Å². The van der Waals surface area contributed by atoms with Crippen molar-refractivity contribution in [3.05, 3.63) is 35.9 Å². The summed E-state index contributed by atoms with van der Waals surface area (Å²) in [4.78, 5) is 11.6. The molecule has 0 bridgehead atoms. The maximum absolute atomic E-state index is 11.6. The molecule has 0 radical (unpaired) electrons. The number of aryl methyl sites for hydroxylation is 1. The summed E-state index contributed by atoms with van der Waals surface area (Å²) in [5, 5.41) is 2.90. The third kappa shape index (κ3) is 8.18. The molecule has 1 aromatic rings. The Balaban J connectivity index is 0.00000361. The normalized spacial score (nSPS) is 11.5. The number of hydrogen-bond acceptors (Lipinski definition) is 2. The molecule has 4 heteroatoms. The molecule has 1 aromatic carbocycles. The number of nitrogens with two attached hydrogens (primary N) is 1. The molecule has 3 N–H and O–H groups in total. The lowest BCUT2D eigenvalue weighted by molar-refractivity contribution is -0.122. The Kier molecular flexibility index (Phi) is 11.1. The van der Waals surface area contributed by atoms with Gasteiger partial charge in [-0.25, -0.2) is 0 Å². The molecule has 0 spiro atoms. The van der Waals surface area contributed by atoms with Gasteiger partial charge in [-0.2, -0.15) is 0 Å². The Morgan fingerprint density at radius 2 is 1.90 bits per heavy atom. The molecule has 1 unspecified atom stereocenters. The van der Waals surface area contributed by atoms with E-state index in [-0.39, 0.29) is 24.4 Å². The molecule has 0 fully saturated rings. The fraction of sp³-hybridized carbons (Fsp3) is 0.562. The van der Waals surface area contributed by atoms with E-state index in [9.17, 15) is 4.79 Å². The summed E-state index contributed by atoms with van der Waals surface area (Å²) < 4.78 is 0. The molecule has 0 aliphatic carbocycles. The first-order chi connectivity index (χ1) is 9.24.